The van der Waals surface area contributed by atoms with Crippen molar-refractivity contribution in [3.63, 3.8) is 0 Å². The second-order valence-corrected chi connectivity index (χ2v) is 1.92. The lowest BCUT2D eigenvalue weighted by molar-refractivity contribution is 0.376. The average molecular weight is 152 g/mol. The van der Waals surface area contributed by atoms with E-state index in [0.29, 0.717) is 25.4 Å². The fourth-order valence-corrected chi connectivity index (χ4v) is 0.646. The molecule has 0 aromatic carbocycles. The fourth-order valence-electron chi connectivity index (χ4n) is 0.646. The van der Waals surface area contributed by atoms with E-state index >= 15 is 0 Å². The lowest BCUT2D eigenvalue weighted by atomic mass is 10.4. The Balaban J connectivity index is 2.10. The van der Waals surface area contributed by atoms with Crippen LogP contribution >= 0.6 is 0 Å². The highest BCUT2D eigenvalue weighted by molar-refractivity contribution is 4.78. The van der Waals surface area contributed by atoms with E-state index in [4.69, 9.17) is 9.78 Å². The average Bonchev–Trinajstić information content (AvgIpc) is 2.50. The first kappa shape index (κ1) is 7.69. The molecule has 0 unspecified atom stereocenters. The van der Waals surface area contributed by atoms with Crippen LogP contribution in [0.4, 0.5) is 0 Å². The van der Waals surface area contributed by atoms with E-state index in [1.165, 1.54) is 6.33 Å². The Bertz CT molecular complexity index is 225. The Morgan fingerprint density at radius 1 is 1.73 bits per heavy atom. The molecule has 1 rings (SSSR count). The molecule has 1 heterocycles. The van der Waals surface area contributed by atoms with Crippen molar-refractivity contribution in [2.75, 3.05) is 13.1 Å². The van der Waals surface area contributed by atoms with Crippen LogP contribution in [0.5, 0.6) is 0 Å². The predicted molar refractivity (Wildman–Crippen MR) is 36.5 cm³/mol. The molecule has 5 heteroatoms. The van der Waals surface area contributed by atoms with Gasteiger partial charge in [0, 0.05) is 13.0 Å². The van der Waals surface area contributed by atoms with E-state index in [1.807, 2.05) is 6.07 Å². The van der Waals surface area contributed by atoms with Gasteiger partial charge in [-0.1, -0.05) is 5.16 Å². The highest BCUT2D eigenvalue weighted by Gasteiger charge is 1.96. The van der Waals surface area contributed by atoms with Gasteiger partial charge in [-0.25, -0.2) is 0 Å². The van der Waals surface area contributed by atoms with Crippen LogP contribution in [0.1, 0.15) is 5.89 Å². The van der Waals surface area contributed by atoms with Crippen LogP contribution in [0.25, 0.3) is 0 Å². The van der Waals surface area contributed by atoms with Crippen molar-refractivity contribution in [3.8, 4) is 6.07 Å². The molecular weight excluding hydrogens is 144 g/mol. The first-order valence-electron chi connectivity index (χ1n) is 3.26. The maximum Gasteiger partial charge on any atom is 0.227 e. The monoisotopic (exact) mass is 152 g/mol. The molecule has 0 aliphatic carbocycles. The minimum atomic E-state index is 0.355. The normalized spacial score (nSPS) is 9.36. The second-order valence-electron chi connectivity index (χ2n) is 1.92. The molecule has 1 aromatic rings. The van der Waals surface area contributed by atoms with Gasteiger partial charge in [-0.2, -0.15) is 10.2 Å². The van der Waals surface area contributed by atoms with Gasteiger partial charge in [-0.3, -0.25) is 0 Å². The van der Waals surface area contributed by atoms with Crippen LogP contribution in [0.2, 0.25) is 0 Å². The van der Waals surface area contributed by atoms with E-state index in [0.717, 1.165) is 0 Å². The summed E-state index contributed by atoms with van der Waals surface area (Å²) in [7, 11) is 0. The predicted octanol–water partition coefficient (Wildman–Crippen LogP) is -0.275. The number of hydrogen-bond donors (Lipinski definition) is 1. The maximum absolute atomic E-state index is 8.16. The minimum Gasteiger partial charge on any atom is -0.340 e. The van der Waals surface area contributed by atoms with Crippen molar-refractivity contribution in [2.45, 2.75) is 6.42 Å². The molecule has 0 spiro atoms. The van der Waals surface area contributed by atoms with Crippen LogP contribution in [0, 0.1) is 11.3 Å². The van der Waals surface area contributed by atoms with Crippen molar-refractivity contribution in [3.05, 3.63) is 12.2 Å². The Morgan fingerprint density at radius 3 is 3.27 bits per heavy atom. The third-order valence-electron chi connectivity index (χ3n) is 1.13. The smallest absolute Gasteiger partial charge is 0.227 e. The number of hydrogen-bond acceptors (Lipinski definition) is 5. The highest BCUT2D eigenvalue weighted by Crippen LogP contribution is 1.89. The van der Waals surface area contributed by atoms with Crippen LogP contribution in [0.15, 0.2) is 10.9 Å². The standard InChI is InChI=1S/C6H8N4O/c7-2-4-8-3-1-6-9-5-10-11-6/h5,8H,1,3-4H2. The third-order valence-corrected chi connectivity index (χ3v) is 1.13. The first-order valence-corrected chi connectivity index (χ1v) is 3.26. The zero-order valence-electron chi connectivity index (χ0n) is 5.95. The summed E-state index contributed by atoms with van der Waals surface area (Å²) in [4.78, 5) is 3.81. The van der Waals surface area contributed by atoms with Gasteiger partial charge < -0.3 is 9.84 Å². The molecule has 0 fully saturated rings. The molecule has 11 heavy (non-hydrogen) atoms. The molecule has 0 saturated heterocycles. The van der Waals surface area contributed by atoms with E-state index in [2.05, 4.69) is 15.5 Å². The van der Waals surface area contributed by atoms with Crippen molar-refractivity contribution in [2.24, 2.45) is 0 Å². The highest BCUT2D eigenvalue weighted by atomic mass is 16.5. The van der Waals surface area contributed by atoms with Gasteiger partial charge in [0.05, 0.1) is 12.6 Å². The third kappa shape index (κ3) is 2.78. The van der Waals surface area contributed by atoms with Gasteiger partial charge >= 0.3 is 0 Å². The molecule has 0 atom stereocenters. The summed E-state index contributed by atoms with van der Waals surface area (Å²) in [6.07, 6.45) is 2.03. The number of aromatic nitrogens is 2. The van der Waals surface area contributed by atoms with Crippen molar-refractivity contribution in [1.29, 1.82) is 5.26 Å². The number of nitriles is 1. The van der Waals surface area contributed by atoms with Crippen LogP contribution in [-0.4, -0.2) is 23.2 Å². The summed E-state index contributed by atoms with van der Waals surface area (Å²) in [6.45, 7) is 1.05. The summed E-state index contributed by atoms with van der Waals surface area (Å²) in [5, 5.41) is 14.5. The molecule has 0 aliphatic heterocycles. The van der Waals surface area contributed by atoms with Crippen LogP contribution in [-0.2, 0) is 6.42 Å². The lowest BCUT2D eigenvalue weighted by Crippen LogP contribution is -2.17. The number of nitrogens with one attached hydrogen (secondary N) is 1. The topological polar surface area (TPSA) is 74.7 Å². The number of nitrogens with zero attached hydrogens (tertiary/aromatic N) is 3. The largest absolute Gasteiger partial charge is 0.340 e. The Kier molecular flexibility index (Phi) is 3.09. The van der Waals surface area contributed by atoms with E-state index in [9.17, 15) is 0 Å². The van der Waals surface area contributed by atoms with Crippen LogP contribution in [0.3, 0.4) is 0 Å². The van der Waals surface area contributed by atoms with Crippen molar-refractivity contribution in [1.82, 2.24) is 15.5 Å². The van der Waals surface area contributed by atoms with Crippen molar-refractivity contribution >= 4 is 0 Å². The molecule has 58 valence electrons. The van der Waals surface area contributed by atoms with E-state index < -0.39 is 0 Å². The Hall–Kier alpha value is -1.41. The van der Waals surface area contributed by atoms with Gasteiger partial charge in [0.15, 0.2) is 6.33 Å². The fraction of sp³-hybridized carbons (Fsp3) is 0.500. The zero-order chi connectivity index (χ0) is 7.94. The number of rotatable bonds is 4. The Labute approximate surface area is 64.0 Å². The summed E-state index contributed by atoms with van der Waals surface area (Å²) in [5.74, 6) is 0.593. The van der Waals surface area contributed by atoms with E-state index in [1.54, 1.807) is 0 Å². The van der Waals surface area contributed by atoms with Gasteiger partial charge in [-0.15, -0.1) is 0 Å². The van der Waals surface area contributed by atoms with Gasteiger partial charge in [-0.05, 0) is 0 Å². The molecule has 0 saturated carbocycles. The molecule has 0 aliphatic rings. The maximum atomic E-state index is 8.16. The zero-order valence-corrected chi connectivity index (χ0v) is 5.95. The molecule has 0 radical (unpaired) electrons. The molecular formula is C6H8N4O. The van der Waals surface area contributed by atoms with Gasteiger partial charge in [0.2, 0.25) is 5.89 Å². The van der Waals surface area contributed by atoms with Crippen molar-refractivity contribution < 1.29 is 4.52 Å². The summed E-state index contributed by atoms with van der Waals surface area (Å²) < 4.78 is 4.73. The second kappa shape index (κ2) is 4.41. The minimum absolute atomic E-state index is 0.355. The van der Waals surface area contributed by atoms with Crippen LogP contribution < -0.4 is 5.32 Å². The van der Waals surface area contributed by atoms with Gasteiger partial charge in [0.25, 0.3) is 0 Å². The molecule has 5 nitrogen and oxygen atoms in total. The molecule has 0 bridgehead atoms. The Morgan fingerprint density at radius 2 is 2.64 bits per heavy atom. The lowest BCUT2D eigenvalue weighted by Gasteiger charge is -1.93. The SMILES string of the molecule is N#CCNCCc1ncno1. The quantitative estimate of drug-likeness (QED) is 0.474. The molecule has 0 amide bonds. The molecule has 1 N–H and O–H groups in total. The summed E-state index contributed by atoms with van der Waals surface area (Å²) >= 11 is 0. The van der Waals surface area contributed by atoms with Gasteiger partial charge in [0.1, 0.15) is 0 Å². The molecule has 1 aromatic heterocycles. The van der Waals surface area contributed by atoms with E-state index in [-0.39, 0.29) is 0 Å². The summed E-state index contributed by atoms with van der Waals surface area (Å²) in [6, 6.07) is 1.97. The first-order chi connectivity index (χ1) is 5.43. The summed E-state index contributed by atoms with van der Waals surface area (Å²) in [5.41, 5.74) is 0.